The van der Waals surface area contributed by atoms with Gasteiger partial charge in [0.05, 0.1) is 23.2 Å². The van der Waals surface area contributed by atoms with Gasteiger partial charge in [0.1, 0.15) is 24.3 Å². The fourth-order valence-corrected chi connectivity index (χ4v) is 3.79. The first kappa shape index (κ1) is 24.1. The lowest BCUT2D eigenvalue weighted by molar-refractivity contribution is 0.267. The summed E-state index contributed by atoms with van der Waals surface area (Å²) in [6.07, 6.45) is 4.04. The van der Waals surface area contributed by atoms with Gasteiger partial charge in [0.25, 0.3) is 0 Å². The number of ether oxygens (including phenoxy) is 2. The fraction of sp³-hybridized carbons (Fsp3) is 0.143. The van der Waals surface area contributed by atoms with Gasteiger partial charge in [-0.3, -0.25) is 0 Å². The molecular weight excluding hydrogens is 465 g/mol. The molecule has 0 radical (unpaired) electrons. The molecule has 0 aliphatic heterocycles. The fourth-order valence-electron chi connectivity index (χ4n) is 3.67. The molecule has 0 spiro atoms. The first-order valence-corrected chi connectivity index (χ1v) is 11.4. The first-order valence-electron chi connectivity index (χ1n) is 11.1. The second-order valence-electron chi connectivity index (χ2n) is 7.76. The number of benzene rings is 3. The molecule has 7 heteroatoms. The maximum atomic E-state index is 13.6. The van der Waals surface area contributed by atoms with Crippen molar-refractivity contribution in [2.75, 3.05) is 6.61 Å². The lowest BCUT2D eigenvalue weighted by Gasteiger charge is -2.17. The molecular formula is C28H23ClFN3O2. The van der Waals surface area contributed by atoms with Crippen LogP contribution in [-0.2, 0) is 13.0 Å². The summed E-state index contributed by atoms with van der Waals surface area (Å²) in [6, 6.07) is 17.6. The molecule has 0 aliphatic carbocycles. The molecule has 0 saturated heterocycles. The van der Waals surface area contributed by atoms with E-state index in [1.165, 1.54) is 12.1 Å². The van der Waals surface area contributed by atoms with Crippen LogP contribution in [0.25, 0.3) is 22.7 Å². The molecule has 0 aliphatic rings. The lowest BCUT2D eigenvalue weighted by Crippen LogP contribution is -2.03. The Morgan fingerprint density at radius 2 is 1.97 bits per heavy atom. The summed E-state index contributed by atoms with van der Waals surface area (Å²) in [5.41, 5.74) is 4.00. The van der Waals surface area contributed by atoms with Crippen molar-refractivity contribution in [3.8, 4) is 17.6 Å². The van der Waals surface area contributed by atoms with E-state index in [1.807, 2.05) is 43.3 Å². The number of fused-ring (bicyclic) bond motifs is 1. The van der Waals surface area contributed by atoms with E-state index < -0.39 is 0 Å². The predicted octanol–water partition coefficient (Wildman–Crippen LogP) is 7.13. The number of hydrogen-bond donors (Lipinski definition) is 1. The number of H-pyrrole nitrogens is 1. The van der Waals surface area contributed by atoms with Crippen molar-refractivity contribution >= 4 is 34.3 Å². The number of nitrogens with one attached hydrogen (secondary N) is 1. The molecule has 0 bridgehead atoms. The highest BCUT2D eigenvalue weighted by Crippen LogP contribution is 2.36. The van der Waals surface area contributed by atoms with Crippen LogP contribution in [0.4, 0.5) is 4.39 Å². The number of allylic oxidation sites excluding steroid dienone is 2. The highest BCUT2D eigenvalue weighted by atomic mass is 35.5. The third-order valence-electron chi connectivity index (χ3n) is 5.25. The molecule has 0 amide bonds. The van der Waals surface area contributed by atoms with Gasteiger partial charge >= 0.3 is 0 Å². The van der Waals surface area contributed by atoms with Gasteiger partial charge in [-0.15, -0.1) is 6.58 Å². The van der Waals surface area contributed by atoms with Crippen LogP contribution in [-0.4, -0.2) is 16.6 Å². The monoisotopic (exact) mass is 487 g/mol. The molecule has 1 heterocycles. The van der Waals surface area contributed by atoms with Crippen LogP contribution in [0.1, 0.15) is 29.4 Å². The molecule has 1 aromatic heterocycles. The molecule has 4 rings (SSSR count). The largest absolute Gasteiger partial charge is 0.490 e. The van der Waals surface area contributed by atoms with Crippen molar-refractivity contribution < 1.29 is 13.9 Å². The predicted molar refractivity (Wildman–Crippen MR) is 137 cm³/mol. The van der Waals surface area contributed by atoms with Crippen LogP contribution in [0.15, 0.2) is 67.3 Å². The molecule has 0 unspecified atom stereocenters. The Kier molecular flexibility index (Phi) is 7.49. The zero-order valence-electron chi connectivity index (χ0n) is 19.1. The number of nitriles is 1. The third kappa shape index (κ3) is 5.71. The van der Waals surface area contributed by atoms with E-state index in [0.717, 1.165) is 16.7 Å². The quantitative estimate of drug-likeness (QED) is 0.201. The molecule has 5 nitrogen and oxygen atoms in total. The normalized spacial score (nSPS) is 11.3. The zero-order valence-corrected chi connectivity index (χ0v) is 19.9. The van der Waals surface area contributed by atoms with Crippen LogP contribution in [0, 0.1) is 17.1 Å². The molecule has 1 N–H and O–H groups in total. The minimum Gasteiger partial charge on any atom is -0.490 e. The minimum absolute atomic E-state index is 0.309. The summed E-state index contributed by atoms with van der Waals surface area (Å²) in [6.45, 7) is 6.54. The minimum atomic E-state index is -0.375. The Morgan fingerprint density at radius 3 is 2.69 bits per heavy atom. The topological polar surface area (TPSA) is 70.9 Å². The summed E-state index contributed by atoms with van der Waals surface area (Å²) in [7, 11) is 0. The summed E-state index contributed by atoms with van der Waals surface area (Å²) < 4.78 is 25.6. The van der Waals surface area contributed by atoms with Crippen molar-refractivity contribution in [3.63, 3.8) is 0 Å². The molecule has 0 saturated carbocycles. The van der Waals surface area contributed by atoms with Crippen LogP contribution >= 0.6 is 11.6 Å². The van der Waals surface area contributed by atoms with Crippen molar-refractivity contribution in [2.45, 2.75) is 20.0 Å². The van der Waals surface area contributed by atoms with E-state index in [9.17, 15) is 9.65 Å². The maximum absolute atomic E-state index is 13.6. The molecule has 35 heavy (non-hydrogen) atoms. The van der Waals surface area contributed by atoms with Crippen molar-refractivity contribution in [2.24, 2.45) is 0 Å². The number of aromatic amines is 1. The smallest absolute Gasteiger partial charge is 0.165 e. The van der Waals surface area contributed by atoms with Gasteiger partial charge in [0.2, 0.25) is 0 Å². The second kappa shape index (κ2) is 10.9. The van der Waals surface area contributed by atoms with Crippen LogP contribution in [0.3, 0.4) is 0 Å². The zero-order chi connectivity index (χ0) is 24.8. The number of imidazole rings is 1. The lowest BCUT2D eigenvalue weighted by atomic mass is 10.0. The van der Waals surface area contributed by atoms with Gasteiger partial charge in [0, 0.05) is 10.6 Å². The van der Waals surface area contributed by atoms with E-state index in [0.29, 0.717) is 58.6 Å². The molecule has 176 valence electrons. The van der Waals surface area contributed by atoms with E-state index in [-0.39, 0.29) is 5.82 Å². The average molecular weight is 488 g/mol. The number of aromatic nitrogens is 2. The number of rotatable bonds is 9. The Balaban J connectivity index is 1.71. The van der Waals surface area contributed by atoms with E-state index in [1.54, 1.807) is 18.2 Å². The number of halogens is 2. The second-order valence-corrected chi connectivity index (χ2v) is 8.20. The van der Waals surface area contributed by atoms with Crippen LogP contribution < -0.4 is 9.47 Å². The van der Waals surface area contributed by atoms with Gasteiger partial charge in [-0.25, -0.2) is 9.37 Å². The summed E-state index contributed by atoms with van der Waals surface area (Å²) in [5.74, 6) is 1.17. The Bertz CT molecular complexity index is 1440. The van der Waals surface area contributed by atoms with Crippen LogP contribution in [0.5, 0.6) is 11.5 Å². The first-order chi connectivity index (χ1) is 17.0. The third-order valence-corrected chi connectivity index (χ3v) is 5.50. The maximum Gasteiger partial charge on any atom is 0.165 e. The van der Waals surface area contributed by atoms with Crippen molar-refractivity contribution in [1.29, 1.82) is 5.26 Å². The highest BCUT2D eigenvalue weighted by molar-refractivity contribution is 6.30. The van der Waals surface area contributed by atoms with Crippen molar-refractivity contribution in [1.82, 2.24) is 9.97 Å². The molecule has 4 aromatic rings. The van der Waals surface area contributed by atoms with E-state index in [4.69, 9.17) is 21.1 Å². The molecule has 0 atom stereocenters. The Labute approximate surface area is 208 Å². The van der Waals surface area contributed by atoms with Crippen molar-refractivity contribution in [3.05, 3.63) is 101 Å². The van der Waals surface area contributed by atoms with Gasteiger partial charge < -0.3 is 14.5 Å². The SMILES string of the molecule is C=CCc1cc(/C=C(/C#N)c2nc3ccc(F)cc3[nH]2)cc(OCC)c1OCc1ccc(Cl)cc1. The van der Waals surface area contributed by atoms with Gasteiger partial charge in [-0.1, -0.05) is 29.8 Å². The Hall–Kier alpha value is -4.08. The number of nitrogens with zero attached hydrogens (tertiary/aromatic N) is 2. The van der Waals surface area contributed by atoms with Gasteiger partial charge in [-0.05, 0) is 73.0 Å². The molecule has 0 fully saturated rings. The highest BCUT2D eigenvalue weighted by Gasteiger charge is 2.15. The summed E-state index contributed by atoms with van der Waals surface area (Å²) in [5, 5.41) is 10.5. The number of hydrogen-bond acceptors (Lipinski definition) is 4. The van der Waals surface area contributed by atoms with Gasteiger partial charge in [-0.2, -0.15) is 5.26 Å². The van der Waals surface area contributed by atoms with E-state index in [2.05, 4.69) is 22.6 Å². The average Bonchev–Trinajstić information content (AvgIpc) is 3.26. The summed E-state index contributed by atoms with van der Waals surface area (Å²) >= 11 is 5.98. The summed E-state index contributed by atoms with van der Waals surface area (Å²) in [4.78, 5) is 7.45. The standard InChI is InChI=1S/C28H23ClFN3O2/c1-3-5-20-12-19(13-21(16-31)28-32-24-11-10-23(30)15-25(24)33-28)14-26(34-4-2)27(20)35-17-18-6-8-22(29)9-7-18/h3,6-15H,1,4-5,17H2,2H3,(H,32,33)/b21-13-. The molecule has 3 aromatic carbocycles. The Morgan fingerprint density at radius 1 is 1.17 bits per heavy atom. The van der Waals surface area contributed by atoms with Crippen LogP contribution in [0.2, 0.25) is 5.02 Å². The van der Waals surface area contributed by atoms with E-state index >= 15 is 0 Å². The van der Waals surface area contributed by atoms with Gasteiger partial charge in [0.15, 0.2) is 11.5 Å².